The minimum Gasteiger partial charge on any atom is -0.487 e. The van der Waals surface area contributed by atoms with Gasteiger partial charge in [0, 0.05) is 5.75 Å². The van der Waals surface area contributed by atoms with E-state index in [1.54, 1.807) is 6.08 Å². The topological polar surface area (TPSA) is 84.8 Å². The molecule has 0 saturated heterocycles. The van der Waals surface area contributed by atoms with Crippen molar-refractivity contribution < 1.29 is 4.74 Å². The van der Waals surface area contributed by atoms with Crippen molar-refractivity contribution in [3.63, 3.8) is 0 Å². The first-order valence-electron chi connectivity index (χ1n) is 6.22. The number of hydrogen-bond donors (Lipinski definition) is 1. The van der Waals surface area contributed by atoms with E-state index < -0.39 is 0 Å². The van der Waals surface area contributed by atoms with Crippen LogP contribution in [0.4, 0.5) is 5.82 Å². The molecule has 1 heterocycles. The predicted octanol–water partition coefficient (Wildman–Crippen LogP) is 2.79. The molecule has 6 heteroatoms. The maximum absolute atomic E-state index is 9.17. The van der Waals surface area contributed by atoms with Gasteiger partial charge in [-0.05, 0) is 12.1 Å². The zero-order valence-electron chi connectivity index (χ0n) is 11.3. The van der Waals surface area contributed by atoms with Crippen molar-refractivity contribution >= 4 is 17.6 Å². The van der Waals surface area contributed by atoms with Crippen LogP contribution in [0.5, 0.6) is 5.75 Å². The molecule has 2 rings (SSSR count). The molecule has 0 radical (unpaired) electrons. The van der Waals surface area contributed by atoms with Crippen molar-refractivity contribution in [1.82, 2.24) is 9.97 Å². The lowest BCUT2D eigenvalue weighted by Crippen LogP contribution is -2.08. The lowest BCUT2D eigenvalue weighted by atomic mass is 10.2. The largest absolute Gasteiger partial charge is 0.487 e. The van der Waals surface area contributed by atoms with Crippen LogP contribution in [0.25, 0.3) is 0 Å². The maximum atomic E-state index is 9.17. The Bertz CT molecular complexity index is 667. The third-order valence-electron chi connectivity index (χ3n) is 2.55. The Morgan fingerprint density at radius 1 is 1.33 bits per heavy atom. The SMILES string of the molecule is C=CCSc1nc(N)c(C#N)c(COc2ccccc2)n1. The van der Waals surface area contributed by atoms with Crippen LogP contribution in [0.1, 0.15) is 11.3 Å². The van der Waals surface area contributed by atoms with Crippen molar-refractivity contribution in [2.45, 2.75) is 11.8 Å². The Hall–Kier alpha value is -2.52. The van der Waals surface area contributed by atoms with Crippen LogP contribution >= 0.6 is 11.8 Å². The van der Waals surface area contributed by atoms with E-state index in [0.29, 0.717) is 22.4 Å². The van der Waals surface area contributed by atoms with E-state index in [0.717, 1.165) is 0 Å². The number of thioether (sulfide) groups is 1. The van der Waals surface area contributed by atoms with Crippen molar-refractivity contribution in [3.05, 3.63) is 54.2 Å². The average molecular weight is 298 g/mol. The summed E-state index contributed by atoms with van der Waals surface area (Å²) in [6.07, 6.45) is 1.75. The first kappa shape index (κ1) is 14.9. The molecule has 0 bridgehead atoms. The van der Waals surface area contributed by atoms with Gasteiger partial charge in [-0.2, -0.15) is 5.26 Å². The van der Waals surface area contributed by atoms with Crippen LogP contribution in [0.15, 0.2) is 48.1 Å². The van der Waals surface area contributed by atoms with Gasteiger partial charge in [0.2, 0.25) is 0 Å². The smallest absolute Gasteiger partial charge is 0.190 e. The predicted molar refractivity (Wildman–Crippen MR) is 82.9 cm³/mol. The Morgan fingerprint density at radius 3 is 2.76 bits per heavy atom. The van der Waals surface area contributed by atoms with Crippen molar-refractivity contribution in [2.24, 2.45) is 0 Å². The van der Waals surface area contributed by atoms with Gasteiger partial charge < -0.3 is 10.5 Å². The standard InChI is InChI=1S/C15H14N4OS/c1-2-8-21-15-18-13(12(9-16)14(17)19-15)10-20-11-6-4-3-5-7-11/h2-7H,1,8,10H2,(H2,17,18,19). The van der Waals surface area contributed by atoms with Gasteiger partial charge >= 0.3 is 0 Å². The van der Waals surface area contributed by atoms with E-state index in [-0.39, 0.29) is 18.0 Å². The quantitative estimate of drug-likeness (QED) is 0.501. The summed E-state index contributed by atoms with van der Waals surface area (Å²) >= 11 is 1.40. The molecule has 0 amide bonds. The second kappa shape index (κ2) is 7.31. The van der Waals surface area contributed by atoms with Crippen LogP contribution < -0.4 is 10.5 Å². The second-order valence-corrected chi connectivity index (χ2v) is 5.01. The van der Waals surface area contributed by atoms with Gasteiger partial charge in [0.15, 0.2) is 5.16 Å². The minimum absolute atomic E-state index is 0.168. The van der Waals surface area contributed by atoms with Crippen LogP contribution in [0, 0.1) is 11.3 Å². The highest BCUT2D eigenvalue weighted by Gasteiger charge is 2.13. The molecule has 0 saturated carbocycles. The highest BCUT2D eigenvalue weighted by Crippen LogP contribution is 2.21. The summed E-state index contributed by atoms with van der Waals surface area (Å²) in [7, 11) is 0. The fourth-order valence-electron chi connectivity index (χ4n) is 1.60. The first-order chi connectivity index (χ1) is 10.2. The zero-order chi connectivity index (χ0) is 15.1. The molecule has 0 spiro atoms. The van der Waals surface area contributed by atoms with Crippen LogP contribution in [0.3, 0.4) is 0 Å². The molecule has 2 aromatic rings. The first-order valence-corrected chi connectivity index (χ1v) is 7.21. The minimum atomic E-state index is 0.168. The van der Waals surface area contributed by atoms with Gasteiger partial charge in [-0.3, -0.25) is 0 Å². The molecule has 0 aliphatic carbocycles. The Morgan fingerprint density at radius 2 is 2.10 bits per heavy atom. The molecular weight excluding hydrogens is 284 g/mol. The number of ether oxygens (including phenoxy) is 1. The normalized spacial score (nSPS) is 9.86. The highest BCUT2D eigenvalue weighted by atomic mass is 32.2. The summed E-state index contributed by atoms with van der Waals surface area (Å²) in [6, 6.07) is 11.4. The molecule has 2 N–H and O–H groups in total. The number of nitrogens with zero attached hydrogens (tertiary/aromatic N) is 3. The Balaban J connectivity index is 2.21. The number of para-hydroxylation sites is 1. The molecule has 1 aromatic carbocycles. The van der Waals surface area contributed by atoms with Gasteiger partial charge in [0.1, 0.15) is 35.5 Å². The zero-order valence-corrected chi connectivity index (χ0v) is 12.1. The number of hydrogen-bond acceptors (Lipinski definition) is 6. The van der Waals surface area contributed by atoms with E-state index in [9.17, 15) is 5.26 Å². The third kappa shape index (κ3) is 3.97. The van der Waals surface area contributed by atoms with Crippen molar-refractivity contribution in [1.29, 1.82) is 5.26 Å². The summed E-state index contributed by atoms with van der Waals surface area (Å²) < 4.78 is 5.62. The molecule has 0 unspecified atom stereocenters. The molecular formula is C15H14N4OS. The van der Waals surface area contributed by atoms with E-state index in [4.69, 9.17) is 10.5 Å². The van der Waals surface area contributed by atoms with E-state index in [1.807, 2.05) is 36.4 Å². The van der Waals surface area contributed by atoms with E-state index >= 15 is 0 Å². The lowest BCUT2D eigenvalue weighted by molar-refractivity contribution is 0.299. The summed E-state index contributed by atoms with van der Waals surface area (Å²) in [5.74, 6) is 1.55. The number of anilines is 1. The van der Waals surface area contributed by atoms with Crippen LogP contribution in [-0.4, -0.2) is 15.7 Å². The molecule has 1 aromatic heterocycles. The molecule has 0 aliphatic heterocycles. The van der Waals surface area contributed by atoms with Crippen LogP contribution in [0.2, 0.25) is 0 Å². The number of nitriles is 1. The molecule has 21 heavy (non-hydrogen) atoms. The Labute approximate surface area is 127 Å². The number of aromatic nitrogens is 2. The van der Waals surface area contributed by atoms with Crippen LogP contribution in [-0.2, 0) is 6.61 Å². The van der Waals surface area contributed by atoms with Gasteiger partial charge in [-0.25, -0.2) is 9.97 Å². The van der Waals surface area contributed by atoms with E-state index in [2.05, 4.69) is 16.5 Å². The monoisotopic (exact) mass is 298 g/mol. The van der Waals surface area contributed by atoms with Crippen molar-refractivity contribution in [3.8, 4) is 11.8 Å². The molecule has 5 nitrogen and oxygen atoms in total. The number of nitrogens with two attached hydrogens (primary N) is 1. The van der Waals surface area contributed by atoms with Gasteiger partial charge in [0.05, 0.1) is 0 Å². The van der Waals surface area contributed by atoms with Crippen molar-refractivity contribution in [2.75, 3.05) is 11.5 Å². The second-order valence-electron chi connectivity index (χ2n) is 4.03. The molecule has 106 valence electrons. The molecule has 0 aliphatic rings. The fourth-order valence-corrected chi connectivity index (χ4v) is 2.20. The highest BCUT2D eigenvalue weighted by molar-refractivity contribution is 7.99. The van der Waals surface area contributed by atoms with Gasteiger partial charge in [-0.1, -0.05) is 36.0 Å². The molecule has 0 fully saturated rings. The molecule has 0 atom stereocenters. The fraction of sp³-hybridized carbons (Fsp3) is 0.133. The summed E-state index contributed by atoms with van der Waals surface area (Å²) in [5.41, 5.74) is 6.55. The van der Waals surface area contributed by atoms with Gasteiger partial charge in [-0.15, -0.1) is 6.58 Å². The lowest BCUT2D eigenvalue weighted by Gasteiger charge is -2.09. The Kier molecular flexibility index (Phi) is 5.18. The summed E-state index contributed by atoms with van der Waals surface area (Å²) in [4.78, 5) is 8.43. The van der Waals surface area contributed by atoms with Gasteiger partial charge in [0.25, 0.3) is 0 Å². The average Bonchev–Trinajstić information content (AvgIpc) is 2.51. The third-order valence-corrected chi connectivity index (χ3v) is 3.40. The number of rotatable bonds is 6. The maximum Gasteiger partial charge on any atom is 0.190 e. The summed E-state index contributed by atoms with van der Waals surface area (Å²) in [6.45, 7) is 3.81. The number of nitrogen functional groups attached to an aromatic ring is 1. The summed E-state index contributed by atoms with van der Waals surface area (Å²) in [5, 5.41) is 9.69. The number of benzene rings is 1. The van der Waals surface area contributed by atoms with E-state index in [1.165, 1.54) is 11.8 Å².